The highest BCUT2D eigenvalue weighted by atomic mass is 32.1. The first kappa shape index (κ1) is 12.4. The Kier molecular flexibility index (Phi) is 3.43. The lowest BCUT2D eigenvalue weighted by molar-refractivity contribution is -0.274. The molecule has 0 radical (unpaired) electrons. The number of hydrogen-bond acceptors (Lipinski definition) is 3. The van der Waals surface area contributed by atoms with Gasteiger partial charge in [-0.15, -0.1) is 13.2 Å². The van der Waals surface area contributed by atoms with Crippen LogP contribution >= 0.6 is 12.2 Å². The highest BCUT2D eigenvalue weighted by Gasteiger charge is 2.31. The molecule has 88 valence electrons. The lowest BCUT2D eigenvalue weighted by atomic mass is 10.3. The number of thiocarbonyl (C=S) groups is 1. The van der Waals surface area contributed by atoms with Crippen molar-refractivity contribution in [3.05, 3.63) is 18.2 Å². The van der Waals surface area contributed by atoms with E-state index in [1.54, 1.807) is 0 Å². The normalized spacial score (nSPS) is 10.9. The van der Waals surface area contributed by atoms with Gasteiger partial charge in [0.2, 0.25) is 0 Å². The van der Waals surface area contributed by atoms with Crippen molar-refractivity contribution < 1.29 is 23.0 Å². The van der Waals surface area contributed by atoms with E-state index in [1.807, 2.05) is 0 Å². The van der Waals surface area contributed by atoms with Gasteiger partial charge in [-0.1, -0.05) is 0 Å². The van der Waals surface area contributed by atoms with E-state index in [9.17, 15) is 18.3 Å². The van der Waals surface area contributed by atoms with E-state index < -0.39 is 12.1 Å². The van der Waals surface area contributed by atoms with Gasteiger partial charge in [0.15, 0.2) is 5.11 Å². The lowest BCUT2D eigenvalue weighted by Crippen LogP contribution is -2.20. The fourth-order valence-corrected chi connectivity index (χ4v) is 1.06. The highest BCUT2D eigenvalue weighted by Crippen LogP contribution is 2.30. The van der Waals surface area contributed by atoms with Crippen LogP contribution in [0.3, 0.4) is 0 Å². The number of halogens is 3. The summed E-state index contributed by atoms with van der Waals surface area (Å²) < 4.78 is 39.3. The summed E-state index contributed by atoms with van der Waals surface area (Å²) in [4.78, 5) is 0. The zero-order chi connectivity index (χ0) is 12.3. The maximum Gasteiger partial charge on any atom is 0.573 e. The van der Waals surface area contributed by atoms with Crippen molar-refractivity contribution in [1.82, 2.24) is 0 Å². The van der Waals surface area contributed by atoms with E-state index in [4.69, 9.17) is 5.73 Å². The number of hydrogen-bond donors (Lipinski definition) is 3. The quantitative estimate of drug-likeness (QED) is 0.554. The van der Waals surface area contributed by atoms with E-state index in [-0.39, 0.29) is 16.5 Å². The second-order valence-corrected chi connectivity index (χ2v) is 3.16. The number of nitrogens with one attached hydrogen (secondary N) is 1. The fourth-order valence-electron chi connectivity index (χ4n) is 0.945. The summed E-state index contributed by atoms with van der Waals surface area (Å²) in [5, 5.41) is 11.4. The van der Waals surface area contributed by atoms with Crippen LogP contribution in [0.25, 0.3) is 0 Å². The molecule has 1 aromatic rings. The number of nitrogens with two attached hydrogens (primary N) is 1. The Bertz CT molecular complexity index is 409. The number of aromatic hydroxyl groups is 1. The molecule has 0 fully saturated rings. The summed E-state index contributed by atoms with van der Waals surface area (Å²) in [6, 6.07) is 2.93. The van der Waals surface area contributed by atoms with E-state index in [0.717, 1.165) is 18.2 Å². The Balaban J connectivity index is 2.93. The zero-order valence-electron chi connectivity index (χ0n) is 7.71. The van der Waals surface area contributed by atoms with E-state index in [0.29, 0.717) is 0 Å². The second-order valence-electron chi connectivity index (χ2n) is 2.72. The molecular formula is C8H7F3N2O2S. The Morgan fingerprint density at radius 1 is 1.44 bits per heavy atom. The predicted octanol–water partition coefficient (Wildman–Crippen LogP) is 1.95. The summed E-state index contributed by atoms with van der Waals surface area (Å²) in [6.07, 6.45) is -4.79. The van der Waals surface area contributed by atoms with Gasteiger partial charge in [-0.05, 0) is 24.4 Å². The molecule has 0 heterocycles. The largest absolute Gasteiger partial charge is 0.573 e. The molecule has 0 bridgehead atoms. The first-order valence-corrected chi connectivity index (χ1v) is 4.34. The third-order valence-electron chi connectivity index (χ3n) is 1.46. The van der Waals surface area contributed by atoms with Crippen LogP contribution in [0.15, 0.2) is 18.2 Å². The van der Waals surface area contributed by atoms with Gasteiger partial charge in [0, 0.05) is 6.07 Å². The smallest absolute Gasteiger partial charge is 0.506 e. The van der Waals surface area contributed by atoms with Crippen LogP contribution in [0.4, 0.5) is 18.9 Å². The van der Waals surface area contributed by atoms with Crippen molar-refractivity contribution >= 4 is 23.0 Å². The predicted molar refractivity (Wildman–Crippen MR) is 55.2 cm³/mol. The minimum Gasteiger partial charge on any atom is -0.506 e. The zero-order valence-corrected chi connectivity index (χ0v) is 8.52. The monoisotopic (exact) mass is 252 g/mol. The van der Waals surface area contributed by atoms with Crippen molar-refractivity contribution in [2.75, 3.05) is 5.32 Å². The molecule has 0 aliphatic heterocycles. The number of ether oxygens (including phenoxy) is 1. The van der Waals surface area contributed by atoms with Gasteiger partial charge < -0.3 is 20.9 Å². The lowest BCUT2D eigenvalue weighted by Gasteiger charge is -2.11. The van der Waals surface area contributed by atoms with Gasteiger partial charge in [0.05, 0.1) is 5.69 Å². The third-order valence-corrected chi connectivity index (χ3v) is 1.56. The maximum absolute atomic E-state index is 11.9. The standard InChI is InChI=1S/C8H7F3N2O2S/c9-8(10,11)15-4-1-2-6(14)5(3-4)13-7(12)16/h1-3,14H,(H3,12,13,16). The van der Waals surface area contributed by atoms with Gasteiger partial charge >= 0.3 is 6.36 Å². The molecule has 4 N–H and O–H groups in total. The highest BCUT2D eigenvalue weighted by molar-refractivity contribution is 7.80. The van der Waals surface area contributed by atoms with Crippen LogP contribution in [0.5, 0.6) is 11.5 Å². The molecule has 0 saturated carbocycles. The van der Waals surface area contributed by atoms with E-state index in [1.165, 1.54) is 0 Å². The number of phenols is 1. The Hall–Kier alpha value is -1.70. The molecule has 0 aliphatic rings. The van der Waals surface area contributed by atoms with Crippen molar-refractivity contribution in [3.8, 4) is 11.5 Å². The van der Waals surface area contributed by atoms with Crippen LogP contribution in [0, 0.1) is 0 Å². The first-order chi connectivity index (χ1) is 7.28. The number of alkyl halides is 3. The van der Waals surface area contributed by atoms with E-state index in [2.05, 4.69) is 22.3 Å². The summed E-state index contributed by atoms with van der Waals surface area (Å²) in [5.74, 6) is -0.772. The Morgan fingerprint density at radius 2 is 2.06 bits per heavy atom. The fraction of sp³-hybridized carbons (Fsp3) is 0.125. The van der Waals surface area contributed by atoms with Crippen LogP contribution < -0.4 is 15.8 Å². The van der Waals surface area contributed by atoms with Crippen molar-refractivity contribution in [3.63, 3.8) is 0 Å². The molecular weight excluding hydrogens is 245 g/mol. The summed E-state index contributed by atoms with van der Waals surface area (Å²) in [7, 11) is 0. The van der Waals surface area contributed by atoms with Gasteiger partial charge in [0.1, 0.15) is 11.5 Å². The molecule has 16 heavy (non-hydrogen) atoms. The summed E-state index contributed by atoms with van der Waals surface area (Å²) >= 11 is 4.48. The average Bonchev–Trinajstić information content (AvgIpc) is 2.07. The number of benzene rings is 1. The molecule has 0 saturated heterocycles. The minimum absolute atomic E-state index is 0.0609. The molecule has 0 atom stereocenters. The Morgan fingerprint density at radius 3 is 2.56 bits per heavy atom. The SMILES string of the molecule is NC(=S)Nc1cc(OC(F)(F)F)ccc1O. The van der Waals surface area contributed by atoms with E-state index >= 15 is 0 Å². The van der Waals surface area contributed by atoms with Crippen molar-refractivity contribution in [2.45, 2.75) is 6.36 Å². The van der Waals surface area contributed by atoms with Gasteiger partial charge in [0.25, 0.3) is 0 Å². The Labute approximate surface area is 93.8 Å². The molecule has 0 aromatic heterocycles. The molecule has 1 aromatic carbocycles. The molecule has 4 nitrogen and oxygen atoms in total. The van der Waals surface area contributed by atoms with Gasteiger partial charge in [-0.2, -0.15) is 0 Å². The van der Waals surface area contributed by atoms with Crippen LogP contribution in [0.2, 0.25) is 0 Å². The van der Waals surface area contributed by atoms with Crippen LogP contribution in [-0.2, 0) is 0 Å². The van der Waals surface area contributed by atoms with Gasteiger partial charge in [-0.3, -0.25) is 0 Å². The minimum atomic E-state index is -4.79. The third kappa shape index (κ3) is 3.81. The molecule has 1 rings (SSSR count). The number of rotatable bonds is 2. The number of anilines is 1. The number of phenolic OH excluding ortho intramolecular Hbond substituents is 1. The van der Waals surface area contributed by atoms with Crippen molar-refractivity contribution in [2.24, 2.45) is 5.73 Å². The molecule has 0 unspecified atom stereocenters. The van der Waals surface area contributed by atoms with Gasteiger partial charge in [-0.25, -0.2) is 0 Å². The van der Waals surface area contributed by atoms with Crippen LogP contribution in [-0.4, -0.2) is 16.6 Å². The molecule has 8 heteroatoms. The van der Waals surface area contributed by atoms with Crippen molar-refractivity contribution in [1.29, 1.82) is 0 Å². The molecule has 0 amide bonds. The topological polar surface area (TPSA) is 67.5 Å². The molecule has 0 spiro atoms. The summed E-state index contributed by atoms with van der Waals surface area (Å²) in [5.41, 5.74) is 5.06. The summed E-state index contributed by atoms with van der Waals surface area (Å²) in [6.45, 7) is 0. The maximum atomic E-state index is 11.9. The second kappa shape index (κ2) is 4.44. The molecule has 0 aliphatic carbocycles. The average molecular weight is 252 g/mol. The first-order valence-electron chi connectivity index (χ1n) is 3.93. The van der Waals surface area contributed by atoms with Crippen LogP contribution in [0.1, 0.15) is 0 Å².